The Kier molecular flexibility index (Phi) is 8.23. The number of anilines is 4. The van der Waals surface area contributed by atoms with Crippen LogP contribution in [-0.4, -0.2) is 26.3 Å². The zero-order valence-electron chi connectivity index (χ0n) is 20.6. The van der Waals surface area contributed by atoms with Crippen molar-refractivity contribution in [2.75, 3.05) is 35.5 Å². The van der Waals surface area contributed by atoms with Crippen LogP contribution in [0.15, 0.2) is 97.1 Å². The second kappa shape index (κ2) is 12.1. The largest absolute Gasteiger partial charge is 0.497 e. The van der Waals surface area contributed by atoms with E-state index in [0.717, 1.165) is 11.1 Å². The zero-order chi connectivity index (χ0) is 26.0. The highest BCUT2D eigenvalue weighted by Gasteiger charge is 2.06. The van der Waals surface area contributed by atoms with Gasteiger partial charge in [0, 0.05) is 34.9 Å². The Labute approximate surface area is 215 Å². The molecular formula is C29H28N4O4. The predicted octanol–water partition coefficient (Wildman–Crippen LogP) is 6.58. The number of carbonyl (C=O) groups excluding carboxylic acids is 2. The summed E-state index contributed by atoms with van der Waals surface area (Å²) in [7, 11) is 3.16. The summed E-state index contributed by atoms with van der Waals surface area (Å²) >= 11 is 0. The second-order valence-electron chi connectivity index (χ2n) is 8.19. The van der Waals surface area contributed by atoms with Crippen molar-refractivity contribution in [2.45, 2.75) is 6.42 Å². The van der Waals surface area contributed by atoms with Gasteiger partial charge in [-0.15, -0.1) is 0 Å². The number of amides is 4. The number of carbonyl (C=O) groups is 2. The molecule has 4 aromatic carbocycles. The topological polar surface area (TPSA) is 101 Å². The van der Waals surface area contributed by atoms with Crippen LogP contribution in [0.4, 0.5) is 32.3 Å². The zero-order valence-corrected chi connectivity index (χ0v) is 20.6. The van der Waals surface area contributed by atoms with E-state index in [-0.39, 0.29) is 12.1 Å². The number of nitrogens with one attached hydrogen (secondary N) is 4. The lowest BCUT2D eigenvalue weighted by Crippen LogP contribution is -2.19. The monoisotopic (exact) mass is 496 g/mol. The average molecular weight is 497 g/mol. The molecule has 4 N–H and O–H groups in total. The Morgan fingerprint density at radius 1 is 0.541 bits per heavy atom. The third kappa shape index (κ3) is 7.50. The number of ether oxygens (including phenoxy) is 2. The Morgan fingerprint density at radius 2 is 0.919 bits per heavy atom. The smallest absolute Gasteiger partial charge is 0.323 e. The third-order valence-electron chi connectivity index (χ3n) is 5.49. The molecule has 0 aliphatic rings. The van der Waals surface area contributed by atoms with E-state index in [0.29, 0.717) is 40.7 Å². The van der Waals surface area contributed by atoms with Gasteiger partial charge in [-0.05, 0) is 66.1 Å². The molecule has 0 spiro atoms. The van der Waals surface area contributed by atoms with Gasteiger partial charge in [0.15, 0.2) is 0 Å². The van der Waals surface area contributed by atoms with Gasteiger partial charge >= 0.3 is 12.1 Å². The Morgan fingerprint density at radius 3 is 1.30 bits per heavy atom. The molecule has 37 heavy (non-hydrogen) atoms. The van der Waals surface area contributed by atoms with Crippen molar-refractivity contribution in [3.05, 3.63) is 108 Å². The molecule has 0 fully saturated rings. The molecule has 0 heterocycles. The first-order chi connectivity index (χ1) is 18.0. The predicted molar refractivity (Wildman–Crippen MR) is 147 cm³/mol. The van der Waals surface area contributed by atoms with Crippen molar-refractivity contribution in [1.82, 2.24) is 0 Å². The first-order valence-corrected chi connectivity index (χ1v) is 11.6. The van der Waals surface area contributed by atoms with E-state index in [9.17, 15) is 9.59 Å². The first kappa shape index (κ1) is 25.1. The molecule has 4 aromatic rings. The molecule has 0 aliphatic carbocycles. The molecule has 8 nitrogen and oxygen atoms in total. The fourth-order valence-corrected chi connectivity index (χ4v) is 3.64. The van der Waals surface area contributed by atoms with Crippen LogP contribution in [0, 0.1) is 0 Å². The van der Waals surface area contributed by atoms with Crippen LogP contribution in [0.2, 0.25) is 0 Å². The lowest BCUT2D eigenvalue weighted by Gasteiger charge is -2.10. The van der Waals surface area contributed by atoms with Crippen molar-refractivity contribution < 1.29 is 19.1 Å². The number of hydrogen-bond donors (Lipinski definition) is 4. The lowest BCUT2D eigenvalue weighted by atomic mass is 10.0. The molecule has 4 amide bonds. The summed E-state index contributed by atoms with van der Waals surface area (Å²) in [4.78, 5) is 24.6. The standard InChI is InChI=1S/C29H28N4O4/c1-36-26-7-3-5-24(18-26)32-28(34)30-22-13-9-20(10-14-22)17-21-11-15-23(16-12-21)31-29(35)33-25-6-4-8-27(19-25)37-2/h3-16,18-19H,17H2,1-2H3,(H2,30,32,34)(H2,31,33,35). The molecule has 0 saturated carbocycles. The summed E-state index contributed by atoms with van der Waals surface area (Å²) in [5.41, 5.74) is 4.84. The third-order valence-corrected chi connectivity index (χ3v) is 5.49. The highest BCUT2D eigenvalue weighted by molar-refractivity contribution is 6.00. The molecule has 8 heteroatoms. The number of urea groups is 2. The summed E-state index contributed by atoms with van der Waals surface area (Å²) in [5.74, 6) is 1.34. The van der Waals surface area contributed by atoms with E-state index in [2.05, 4.69) is 21.3 Å². The van der Waals surface area contributed by atoms with Gasteiger partial charge in [-0.25, -0.2) is 9.59 Å². The minimum Gasteiger partial charge on any atom is -0.497 e. The number of benzene rings is 4. The quantitative estimate of drug-likeness (QED) is 0.221. The minimum absolute atomic E-state index is 0.334. The number of hydrogen-bond acceptors (Lipinski definition) is 4. The second-order valence-corrected chi connectivity index (χ2v) is 8.19. The van der Waals surface area contributed by atoms with Gasteiger partial charge in [0.25, 0.3) is 0 Å². The summed E-state index contributed by atoms with van der Waals surface area (Å²) in [6.45, 7) is 0. The molecule has 4 rings (SSSR count). The van der Waals surface area contributed by atoms with Crippen LogP contribution in [0.5, 0.6) is 11.5 Å². The minimum atomic E-state index is -0.334. The van der Waals surface area contributed by atoms with E-state index in [1.54, 1.807) is 38.5 Å². The SMILES string of the molecule is COc1cccc(NC(=O)Nc2ccc(Cc3ccc(NC(=O)Nc4cccc(OC)c4)cc3)cc2)c1. The highest BCUT2D eigenvalue weighted by Crippen LogP contribution is 2.20. The average Bonchev–Trinajstić information content (AvgIpc) is 2.91. The maximum absolute atomic E-state index is 12.3. The Bertz CT molecular complexity index is 1250. The molecule has 0 atom stereocenters. The first-order valence-electron chi connectivity index (χ1n) is 11.6. The number of rotatable bonds is 8. The summed E-state index contributed by atoms with van der Waals surface area (Å²) < 4.78 is 10.3. The lowest BCUT2D eigenvalue weighted by molar-refractivity contribution is 0.261. The number of methoxy groups -OCH3 is 2. The highest BCUT2D eigenvalue weighted by atomic mass is 16.5. The fraction of sp³-hybridized carbons (Fsp3) is 0.103. The van der Waals surface area contributed by atoms with Crippen LogP contribution in [0.1, 0.15) is 11.1 Å². The van der Waals surface area contributed by atoms with E-state index < -0.39 is 0 Å². The van der Waals surface area contributed by atoms with E-state index in [1.165, 1.54) is 0 Å². The van der Waals surface area contributed by atoms with Crippen LogP contribution in [0.25, 0.3) is 0 Å². The molecule has 0 radical (unpaired) electrons. The maximum Gasteiger partial charge on any atom is 0.323 e. The van der Waals surface area contributed by atoms with E-state index in [1.807, 2.05) is 72.8 Å². The van der Waals surface area contributed by atoms with Gasteiger partial charge in [0.1, 0.15) is 11.5 Å². The van der Waals surface area contributed by atoms with Gasteiger partial charge in [0.05, 0.1) is 14.2 Å². The van der Waals surface area contributed by atoms with Gasteiger partial charge in [-0.3, -0.25) is 0 Å². The van der Waals surface area contributed by atoms with Crippen molar-refractivity contribution >= 4 is 34.8 Å². The fourth-order valence-electron chi connectivity index (χ4n) is 3.64. The molecule has 0 aromatic heterocycles. The maximum atomic E-state index is 12.3. The van der Waals surface area contributed by atoms with Crippen LogP contribution in [-0.2, 0) is 6.42 Å². The Hall–Kier alpha value is -4.98. The normalized spacial score (nSPS) is 10.2. The van der Waals surface area contributed by atoms with Crippen LogP contribution in [0.3, 0.4) is 0 Å². The van der Waals surface area contributed by atoms with Gasteiger partial charge in [0.2, 0.25) is 0 Å². The van der Waals surface area contributed by atoms with E-state index >= 15 is 0 Å². The van der Waals surface area contributed by atoms with Crippen molar-refractivity contribution in [3.8, 4) is 11.5 Å². The van der Waals surface area contributed by atoms with Gasteiger partial charge < -0.3 is 30.7 Å². The summed E-state index contributed by atoms with van der Waals surface area (Å²) in [6, 6.07) is 29.0. The summed E-state index contributed by atoms with van der Waals surface area (Å²) in [5, 5.41) is 11.2. The van der Waals surface area contributed by atoms with E-state index in [4.69, 9.17) is 9.47 Å². The molecular weight excluding hydrogens is 468 g/mol. The van der Waals surface area contributed by atoms with Gasteiger partial charge in [-0.1, -0.05) is 36.4 Å². The van der Waals surface area contributed by atoms with Crippen LogP contribution >= 0.6 is 0 Å². The van der Waals surface area contributed by atoms with Crippen molar-refractivity contribution in [2.24, 2.45) is 0 Å². The molecule has 0 aliphatic heterocycles. The molecule has 0 unspecified atom stereocenters. The summed E-state index contributed by atoms with van der Waals surface area (Å²) in [6.07, 6.45) is 0.715. The van der Waals surface area contributed by atoms with Crippen molar-refractivity contribution in [3.63, 3.8) is 0 Å². The van der Waals surface area contributed by atoms with Gasteiger partial charge in [-0.2, -0.15) is 0 Å². The van der Waals surface area contributed by atoms with Crippen molar-refractivity contribution in [1.29, 1.82) is 0 Å². The molecule has 188 valence electrons. The Balaban J connectivity index is 1.27. The van der Waals surface area contributed by atoms with Crippen LogP contribution < -0.4 is 30.7 Å². The molecule has 0 saturated heterocycles. The molecule has 0 bridgehead atoms.